The molecule has 3 nitrogen and oxygen atoms in total. The van der Waals surface area contributed by atoms with E-state index in [9.17, 15) is 0 Å². The Balaban J connectivity index is 1.99. The molecule has 0 amide bonds. The number of nitrogens with zero attached hydrogens (tertiary/aromatic N) is 2. The van der Waals surface area contributed by atoms with Crippen molar-refractivity contribution in [2.24, 2.45) is 0 Å². The molecule has 17 heavy (non-hydrogen) atoms. The minimum atomic E-state index is 0.846. The van der Waals surface area contributed by atoms with E-state index in [1.54, 1.807) is 24.8 Å². The Labute approximate surface area is 98.8 Å². The van der Waals surface area contributed by atoms with Gasteiger partial charge in [-0.3, -0.25) is 9.97 Å². The molecule has 0 bridgehead atoms. The van der Waals surface area contributed by atoms with Crippen LogP contribution in [-0.4, -0.2) is 9.97 Å². The quantitative estimate of drug-likeness (QED) is 0.667. The van der Waals surface area contributed by atoms with E-state index >= 15 is 0 Å². The molecule has 0 radical (unpaired) electrons. The molecule has 0 spiro atoms. The summed E-state index contributed by atoms with van der Waals surface area (Å²) in [4.78, 5) is 7.97. The summed E-state index contributed by atoms with van der Waals surface area (Å²) in [6.45, 7) is 0. The average molecular weight is 222 g/mol. The summed E-state index contributed by atoms with van der Waals surface area (Å²) in [7, 11) is 0. The van der Waals surface area contributed by atoms with Crippen LogP contribution in [0.25, 0.3) is 22.6 Å². The summed E-state index contributed by atoms with van der Waals surface area (Å²) < 4.78 is 5.80. The fourth-order valence-corrected chi connectivity index (χ4v) is 1.68. The van der Waals surface area contributed by atoms with Gasteiger partial charge in [-0.2, -0.15) is 0 Å². The number of hydrogen-bond donors (Lipinski definition) is 0. The molecule has 3 aromatic rings. The van der Waals surface area contributed by atoms with Crippen LogP contribution in [0.4, 0.5) is 0 Å². The van der Waals surface area contributed by atoms with E-state index in [4.69, 9.17) is 4.42 Å². The molecular formula is C14H10N2O. The molecule has 82 valence electrons. The number of aromatic nitrogens is 2. The van der Waals surface area contributed by atoms with Crippen LogP contribution in [0.1, 0.15) is 0 Å². The highest BCUT2D eigenvalue weighted by Gasteiger charge is 2.05. The maximum atomic E-state index is 5.80. The molecule has 3 aromatic heterocycles. The molecule has 0 N–H and O–H groups in total. The van der Waals surface area contributed by atoms with Crippen LogP contribution in [0, 0.1) is 0 Å². The Kier molecular flexibility index (Phi) is 2.43. The minimum Gasteiger partial charge on any atom is -0.456 e. The van der Waals surface area contributed by atoms with Crippen LogP contribution in [-0.2, 0) is 0 Å². The fraction of sp³-hybridized carbons (Fsp3) is 0. The normalized spacial score (nSPS) is 10.4. The first kappa shape index (κ1) is 9.78. The van der Waals surface area contributed by atoms with Crippen LogP contribution in [0.5, 0.6) is 0 Å². The first-order chi connectivity index (χ1) is 8.43. The minimum absolute atomic E-state index is 0.846. The maximum absolute atomic E-state index is 5.80. The van der Waals surface area contributed by atoms with Gasteiger partial charge in [0.25, 0.3) is 0 Å². The Morgan fingerprint density at radius 3 is 1.41 bits per heavy atom. The summed E-state index contributed by atoms with van der Waals surface area (Å²) >= 11 is 0. The lowest BCUT2D eigenvalue weighted by Crippen LogP contribution is -1.75. The average Bonchev–Trinajstić information content (AvgIpc) is 2.90. The van der Waals surface area contributed by atoms with E-state index in [1.165, 1.54) is 0 Å². The second-order valence-corrected chi connectivity index (χ2v) is 3.64. The second kappa shape index (κ2) is 4.22. The Bertz CT molecular complexity index is 548. The van der Waals surface area contributed by atoms with Gasteiger partial charge in [0, 0.05) is 35.9 Å². The van der Waals surface area contributed by atoms with Gasteiger partial charge in [0.2, 0.25) is 0 Å². The van der Waals surface area contributed by atoms with Crippen molar-refractivity contribution in [1.82, 2.24) is 9.97 Å². The van der Waals surface area contributed by atoms with Crippen molar-refractivity contribution in [3.05, 3.63) is 61.2 Å². The van der Waals surface area contributed by atoms with E-state index in [0.717, 1.165) is 22.6 Å². The fourth-order valence-electron chi connectivity index (χ4n) is 1.68. The molecule has 0 aromatic carbocycles. The van der Waals surface area contributed by atoms with Crippen molar-refractivity contribution in [3.63, 3.8) is 0 Å². The van der Waals surface area contributed by atoms with Gasteiger partial charge in [-0.15, -0.1) is 0 Å². The van der Waals surface area contributed by atoms with Gasteiger partial charge in [0.15, 0.2) is 0 Å². The lowest BCUT2D eigenvalue weighted by Gasteiger charge is -1.97. The van der Waals surface area contributed by atoms with E-state index in [-0.39, 0.29) is 0 Å². The van der Waals surface area contributed by atoms with Crippen molar-refractivity contribution in [2.45, 2.75) is 0 Å². The molecule has 0 aliphatic heterocycles. The van der Waals surface area contributed by atoms with Crippen molar-refractivity contribution < 1.29 is 4.42 Å². The van der Waals surface area contributed by atoms with Crippen LogP contribution >= 0.6 is 0 Å². The van der Waals surface area contributed by atoms with Gasteiger partial charge in [-0.05, 0) is 36.4 Å². The number of pyridine rings is 2. The van der Waals surface area contributed by atoms with Gasteiger partial charge in [0.05, 0.1) is 0 Å². The van der Waals surface area contributed by atoms with Crippen LogP contribution in [0.15, 0.2) is 65.6 Å². The molecule has 3 rings (SSSR count). The molecule has 0 fully saturated rings. The van der Waals surface area contributed by atoms with Gasteiger partial charge < -0.3 is 4.42 Å². The molecule has 0 aliphatic rings. The Morgan fingerprint density at radius 2 is 1.00 bits per heavy atom. The molecular weight excluding hydrogens is 212 g/mol. The molecule has 3 heteroatoms. The van der Waals surface area contributed by atoms with E-state index in [0.29, 0.717) is 0 Å². The molecule has 0 saturated heterocycles. The van der Waals surface area contributed by atoms with Gasteiger partial charge in [-0.25, -0.2) is 0 Å². The van der Waals surface area contributed by atoms with Crippen molar-refractivity contribution in [1.29, 1.82) is 0 Å². The predicted octanol–water partition coefficient (Wildman–Crippen LogP) is 3.40. The largest absolute Gasteiger partial charge is 0.456 e. The molecule has 0 aliphatic carbocycles. The topological polar surface area (TPSA) is 38.9 Å². The summed E-state index contributed by atoms with van der Waals surface area (Å²) in [5.41, 5.74) is 2.06. The third-order valence-corrected chi connectivity index (χ3v) is 2.54. The molecule has 0 atom stereocenters. The first-order valence-corrected chi connectivity index (χ1v) is 5.34. The smallest absolute Gasteiger partial charge is 0.134 e. The monoisotopic (exact) mass is 222 g/mol. The highest BCUT2D eigenvalue weighted by molar-refractivity contribution is 5.63. The van der Waals surface area contributed by atoms with Crippen molar-refractivity contribution in [3.8, 4) is 22.6 Å². The van der Waals surface area contributed by atoms with Crippen LogP contribution < -0.4 is 0 Å². The van der Waals surface area contributed by atoms with Crippen LogP contribution in [0.2, 0.25) is 0 Å². The molecule has 0 saturated carbocycles. The lowest BCUT2D eigenvalue weighted by molar-refractivity contribution is 0.597. The van der Waals surface area contributed by atoms with Crippen molar-refractivity contribution in [2.75, 3.05) is 0 Å². The number of rotatable bonds is 2. The third-order valence-electron chi connectivity index (χ3n) is 2.54. The van der Waals surface area contributed by atoms with E-state index in [1.807, 2.05) is 36.4 Å². The SMILES string of the molecule is c1cc(-c2ccc(-c3ccncc3)o2)ccn1. The van der Waals surface area contributed by atoms with E-state index < -0.39 is 0 Å². The zero-order valence-electron chi connectivity index (χ0n) is 9.08. The van der Waals surface area contributed by atoms with Crippen molar-refractivity contribution >= 4 is 0 Å². The zero-order valence-corrected chi connectivity index (χ0v) is 9.08. The summed E-state index contributed by atoms with van der Waals surface area (Å²) in [6, 6.07) is 11.6. The summed E-state index contributed by atoms with van der Waals surface area (Å²) in [6.07, 6.45) is 7.02. The highest BCUT2D eigenvalue weighted by Crippen LogP contribution is 2.27. The predicted molar refractivity (Wildman–Crippen MR) is 65.2 cm³/mol. The number of hydrogen-bond acceptors (Lipinski definition) is 3. The Hall–Kier alpha value is -2.42. The summed E-state index contributed by atoms with van der Waals surface area (Å²) in [5, 5.41) is 0. The standard InChI is InChI=1S/C14H10N2O/c1-2-14(12-5-9-16-10-6-12)17-13(1)11-3-7-15-8-4-11/h1-10H. The molecule has 3 heterocycles. The van der Waals surface area contributed by atoms with Gasteiger partial charge >= 0.3 is 0 Å². The first-order valence-electron chi connectivity index (χ1n) is 5.34. The molecule has 0 unspecified atom stereocenters. The zero-order chi connectivity index (χ0) is 11.5. The second-order valence-electron chi connectivity index (χ2n) is 3.64. The van der Waals surface area contributed by atoms with Gasteiger partial charge in [0.1, 0.15) is 11.5 Å². The Morgan fingerprint density at radius 1 is 0.588 bits per heavy atom. The highest BCUT2D eigenvalue weighted by atomic mass is 16.3. The number of furan rings is 1. The summed E-state index contributed by atoms with van der Waals surface area (Å²) in [5.74, 6) is 1.69. The third kappa shape index (κ3) is 1.95. The van der Waals surface area contributed by atoms with Crippen LogP contribution in [0.3, 0.4) is 0 Å². The van der Waals surface area contributed by atoms with Gasteiger partial charge in [-0.1, -0.05) is 0 Å². The lowest BCUT2D eigenvalue weighted by atomic mass is 10.2. The maximum Gasteiger partial charge on any atom is 0.134 e. The van der Waals surface area contributed by atoms with E-state index in [2.05, 4.69) is 9.97 Å².